The maximum absolute atomic E-state index is 12.7. The van der Waals surface area contributed by atoms with Gasteiger partial charge in [-0.15, -0.1) is 10.2 Å². The van der Waals surface area contributed by atoms with Crippen LogP contribution in [-0.4, -0.2) is 27.9 Å². The molecule has 5 nitrogen and oxygen atoms in total. The summed E-state index contributed by atoms with van der Waals surface area (Å²) in [6, 6.07) is 16.1. The first-order chi connectivity index (χ1) is 12.6. The van der Waals surface area contributed by atoms with Crippen molar-refractivity contribution in [3.05, 3.63) is 59.7 Å². The molecule has 1 unspecified atom stereocenters. The summed E-state index contributed by atoms with van der Waals surface area (Å²) < 4.78 is 5.70. The van der Waals surface area contributed by atoms with Gasteiger partial charge in [-0.25, -0.2) is 0 Å². The number of carbonyl (C=O) groups excluding carboxylic acids is 1. The van der Waals surface area contributed by atoms with E-state index in [1.165, 1.54) is 17.3 Å². The van der Waals surface area contributed by atoms with Crippen LogP contribution in [0.1, 0.15) is 18.1 Å². The third kappa shape index (κ3) is 3.24. The monoisotopic (exact) mass is 365 g/mol. The summed E-state index contributed by atoms with van der Waals surface area (Å²) >= 11 is 1.28. The quantitative estimate of drug-likeness (QED) is 0.651. The van der Waals surface area contributed by atoms with E-state index in [4.69, 9.17) is 4.42 Å². The van der Waals surface area contributed by atoms with Crippen LogP contribution in [-0.2, 0) is 11.2 Å². The van der Waals surface area contributed by atoms with Crippen molar-refractivity contribution in [1.82, 2.24) is 10.2 Å². The van der Waals surface area contributed by atoms with E-state index >= 15 is 0 Å². The third-order valence-electron chi connectivity index (χ3n) is 4.47. The van der Waals surface area contributed by atoms with Crippen LogP contribution < -0.4 is 4.90 Å². The zero-order valence-electron chi connectivity index (χ0n) is 14.7. The van der Waals surface area contributed by atoms with Crippen molar-refractivity contribution >= 4 is 23.4 Å². The van der Waals surface area contributed by atoms with Gasteiger partial charge in [0.15, 0.2) is 0 Å². The molecule has 26 heavy (non-hydrogen) atoms. The van der Waals surface area contributed by atoms with Crippen LogP contribution >= 0.6 is 11.8 Å². The van der Waals surface area contributed by atoms with Crippen molar-refractivity contribution in [2.75, 3.05) is 10.7 Å². The molecule has 0 N–H and O–H groups in total. The molecule has 1 aliphatic heterocycles. The van der Waals surface area contributed by atoms with Crippen LogP contribution in [0.15, 0.2) is 58.2 Å². The van der Waals surface area contributed by atoms with E-state index in [1.54, 1.807) is 0 Å². The number of aromatic nitrogens is 2. The van der Waals surface area contributed by atoms with Crippen molar-refractivity contribution in [2.45, 2.75) is 31.5 Å². The number of benzene rings is 2. The van der Waals surface area contributed by atoms with Crippen LogP contribution in [0.5, 0.6) is 0 Å². The Hall–Kier alpha value is -2.60. The highest BCUT2D eigenvalue weighted by Crippen LogP contribution is 2.33. The lowest BCUT2D eigenvalue weighted by Gasteiger charge is -2.22. The molecule has 2 heterocycles. The molecule has 0 saturated heterocycles. The summed E-state index contributed by atoms with van der Waals surface area (Å²) in [4.78, 5) is 14.6. The minimum absolute atomic E-state index is 0.0581. The minimum atomic E-state index is 0.0581. The summed E-state index contributed by atoms with van der Waals surface area (Å²) in [6.45, 7) is 4.09. The molecule has 0 bridgehead atoms. The Morgan fingerprint density at radius 2 is 2.08 bits per heavy atom. The van der Waals surface area contributed by atoms with Crippen molar-refractivity contribution in [3.63, 3.8) is 0 Å². The molecule has 2 aromatic carbocycles. The van der Waals surface area contributed by atoms with Gasteiger partial charge >= 0.3 is 0 Å². The summed E-state index contributed by atoms with van der Waals surface area (Å²) in [5.41, 5.74) is 4.25. The Balaban J connectivity index is 1.44. The first-order valence-corrected chi connectivity index (χ1v) is 9.53. The van der Waals surface area contributed by atoms with Crippen LogP contribution in [0.4, 0.5) is 5.69 Å². The van der Waals surface area contributed by atoms with E-state index in [-0.39, 0.29) is 17.7 Å². The fourth-order valence-electron chi connectivity index (χ4n) is 3.30. The van der Waals surface area contributed by atoms with Gasteiger partial charge in [-0.3, -0.25) is 4.79 Å². The maximum atomic E-state index is 12.7. The number of fused-ring (bicyclic) bond motifs is 1. The molecule has 1 aliphatic rings. The van der Waals surface area contributed by atoms with E-state index in [2.05, 4.69) is 23.2 Å². The molecule has 0 radical (unpaired) electrons. The lowest BCUT2D eigenvalue weighted by molar-refractivity contribution is -0.116. The highest BCUT2D eigenvalue weighted by molar-refractivity contribution is 7.99. The van der Waals surface area contributed by atoms with Gasteiger partial charge in [-0.05, 0) is 44.0 Å². The van der Waals surface area contributed by atoms with Gasteiger partial charge in [0.1, 0.15) is 0 Å². The SMILES string of the molecule is Cc1cccc(-c2nnc(SCC(=O)N3c4ccccc4CC3C)o2)c1. The summed E-state index contributed by atoms with van der Waals surface area (Å²) in [6.07, 6.45) is 0.893. The second-order valence-electron chi connectivity index (χ2n) is 6.48. The van der Waals surface area contributed by atoms with E-state index in [0.717, 1.165) is 23.2 Å². The molecule has 1 amide bonds. The van der Waals surface area contributed by atoms with Crippen molar-refractivity contribution in [3.8, 4) is 11.5 Å². The number of rotatable bonds is 4. The lowest BCUT2D eigenvalue weighted by Crippen LogP contribution is -2.36. The second kappa shape index (κ2) is 6.96. The van der Waals surface area contributed by atoms with Gasteiger partial charge in [-0.2, -0.15) is 0 Å². The normalized spacial score (nSPS) is 15.9. The van der Waals surface area contributed by atoms with E-state index in [0.29, 0.717) is 11.1 Å². The molecule has 6 heteroatoms. The van der Waals surface area contributed by atoms with Crippen LogP contribution in [0.3, 0.4) is 0 Å². The number of thioether (sulfide) groups is 1. The van der Waals surface area contributed by atoms with Crippen LogP contribution in [0, 0.1) is 6.92 Å². The topological polar surface area (TPSA) is 59.2 Å². The zero-order valence-corrected chi connectivity index (χ0v) is 15.5. The number of aryl methyl sites for hydroxylation is 1. The predicted octanol–water partition coefficient (Wildman–Crippen LogP) is 4.11. The van der Waals surface area contributed by atoms with Gasteiger partial charge < -0.3 is 9.32 Å². The van der Waals surface area contributed by atoms with Gasteiger partial charge in [-0.1, -0.05) is 47.7 Å². The van der Waals surface area contributed by atoms with Crippen LogP contribution in [0.25, 0.3) is 11.5 Å². The van der Waals surface area contributed by atoms with E-state index in [9.17, 15) is 4.79 Å². The first kappa shape index (κ1) is 16.8. The maximum Gasteiger partial charge on any atom is 0.277 e. The van der Waals surface area contributed by atoms with Crippen molar-refractivity contribution in [2.24, 2.45) is 0 Å². The number of anilines is 1. The first-order valence-electron chi connectivity index (χ1n) is 8.55. The van der Waals surface area contributed by atoms with Gasteiger partial charge in [0, 0.05) is 17.3 Å². The Morgan fingerprint density at radius 3 is 2.92 bits per heavy atom. The Bertz CT molecular complexity index is 953. The fraction of sp³-hybridized carbons (Fsp3) is 0.250. The molecular weight excluding hydrogens is 346 g/mol. The van der Waals surface area contributed by atoms with Crippen molar-refractivity contribution < 1.29 is 9.21 Å². The molecular formula is C20H19N3O2S. The van der Waals surface area contributed by atoms with Crippen LogP contribution in [0.2, 0.25) is 0 Å². The smallest absolute Gasteiger partial charge is 0.277 e. The van der Waals surface area contributed by atoms with Gasteiger partial charge in [0.05, 0.1) is 5.75 Å². The van der Waals surface area contributed by atoms with Gasteiger partial charge in [0.25, 0.3) is 5.22 Å². The fourth-order valence-corrected chi connectivity index (χ4v) is 3.92. The summed E-state index contributed by atoms with van der Waals surface area (Å²) in [7, 11) is 0. The Labute approximate surface area is 156 Å². The Kier molecular flexibility index (Phi) is 4.51. The van der Waals surface area contributed by atoms with E-state index in [1.807, 2.05) is 54.3 Å². The van der Waals surface area contributed by atoms with E-state index < -0.39 is 0 Å². The molecule has 3 aromatic rings. The molecule has 1 aromatic heterocycles. The lowest BCUT2D eigenvalue weighted by atomic mass is 10.1. The largest absolute Gasteiger partial charge is 0.411 e. The molecule has 0 aliphatic carbocycles. The highest BCUT2D eigenvalue weighted by Gasteiger charge is 2.30. The number of hydrogen-bond acceptors (Lipinski definition) is 5. The standard InChI is InChI=1S/C20H19N3O2S/c1-13-6-5-8-16(10-13)19-21-22-20(25-19)26-12-18(24)23-14(2)11-15-7-3-4-9-17(15)23/h3-10,14H,11-12H2,1-2H3. The summed E-state index contributed by atoms with van der Waals surface area (Å²) in [5.74, 6) is 0.806. The zero-order chi connectivity index (χ0) is 18.1. The third-order valence-corrected chi connectivity index (χ3v) is 5.27. The number of carbonyl (C=O) groups is 1. The summed E-state index contributed by atoms with van der Waals surface area (Å²) in [5, 5.41) is 8.56. The number of nitrogens with zero attached hydrogens (tertiary/aromatic N) is 3. The van der Waals surface area contributed by atoms with Crippen molar-refractivity contribution in [1.29, 1.82) is 0 Å². The number of para-hydroxylation sites is 1. The molecule has 132 valence electrons. The number of hydrogen-bond donors (Lipinski definition) is 0. The molecule has 0 fully saturated rings. The molecule has 0 saturated carbocycles. The Morgan fingerprint density at radius 1 is 1.23 bits per heavy atom. The molecule has 0 spiro atoms. The highest BCUT2D eigenvalue weighted by atomic mass is 32.2. The molecule has 1 atom stereocenters. The predicted molar refractivity (Wildman–Crippen MR) is 102 cm³/mol. The number of amides is 1. The second-order valence-corrected chi connectivity index (χ2v) is 7.40. The average Bonchev–Trinajstić information content (AvgIpc) is 3.23. The van der Waals surface area contributed by atoms with Gasteiger partial charge in [0.2, 0.25) is 11.8 Å². The minimum Gasteiger partial charge on any atom is -0.411 e. The molecule has 4 rings (SSSR count). The average molecular weight is 365 g/mol.